The molecule has 8 atom stereocenters. The van der Waals surface area contributed by atoms with E-state index in [1.54, 1.807) is 11.1 Å². The summed E-state index contributed by atoms with van der Waals surface area (Å²) in [5, 5.41) is 31.3. The number of hydrogen-bond acceptors (Lipinski definition) is 3. The standard InChI is InChI=1S/C30H48O4/c1-18(2)23(31)10-8-19(26(33)34)20-12-16-30(7)22-9-11-24-27(3,4)25(32)14-15-28(24,5)21(22)13-17-29(20,30)6/h19-20,23-25,31-32H,1,8-17H2,2-7H3,(H,33,34). The van der Waals surface area contributed by atoms with Crippen LogP contribution in [0, 0.1) is 39.4 Å². The summed E-state index contributed by atoms with van der Waals surface area (Å²) >= 11 is 0. The Labute approximate surface area is 206 Å². The molecule has 0 saturated heterocycles. The van der Waals surface area contributed by atoms with Crippen molar-refractivity contribution < 1.29 is 20.1 Å². The van der Waals surface area contributed by atoms with Crippen LogP contribution in [0.5, 0.6) is 0 Å². The number of carboxylic acid groups (broad SMARTS) is 1. The molecular weight excluding hydrogens is 424 g/mol. The lowest BCUT2D eigenvalue weighted by Crippen LogP contribution is -2.55. The maximum atomic E-state index is 12.5. The van der Waals surface area contributed by atoms with Crippen LogP contribution in [0.3, 0.4) is 0 Å². The highest BCUT2D eigenvalue weighted by Crippen LogP contribution is 2.72. The normalized spacial score (nSPS) is 42.9. The molecule has 4 rings (SSSR count). The van der Waals surface area contributed by atoms with Gasteiger partial charge in [-0.3, -0.25) is 4.79 Å². The average molecular weight is 473 g/mol. The van der Waals surface area contributed by atoms with Gasteiger partial charge >= 0.3 is 5.97 Å². The van der Waals surface area contributed by atoms with Crippen LogP contribution < -0.4 is 0 Å². The predicted octanol–water partition coefficient (Wildman–Crippen LogP) is 6.51. The number of carboxylic acids is 1. The van der Waals surface area contributed by atoms with E-state index in [1.807, 2.05) is 6.92 Å². The highest BCUT2D eigenvalue weighted by atomic mass is 16.4. The van der Waals surface area contributed by atoms with Gasteiger partial charge in [-0.1, -0.05) is 57.9 Å². The zero-order valence-corrected chi connectivity index (χ0v) is 22.4. The fraction of sp³-hybridized carbons (Fsp3) is 0.833. The van der Waals surface area contributed by atoms with E-state index in [2.05, 4.69) is 41.2 Å². The summed E-state index contributed by atoms with van der Waals surface area (Å²) < 4.78 is 0. The van der Waals surface area contributed by atoms with Crippen molar-refractivity contribution in [1.29, 1.82) is 0 Å². The lowest BCUT2D eigenvalue weighted by atomic mass is 9.43. The molecule has 4 aliphatic rings. The fourth-order valence-corrected chi connectivity index (χ4v) is 9.44. The van der Waals surface area contributed by atoms with Crippen molar-refractivity contribution in [2.24, 2.45) is 39.4 Å². The van der Waals surface area contributed by atoms with Gasteiger partial charge in [-0.15, -0.1) is 0 Å². The number of aliphatic hydroxyl groups excluding tert-OH is 2. The molecule has 0 bridgehead atoms. The average Bonchev–Trinajstić information content (AvgIpc) is 3.02. The van der Waals surface area contributed by atoms with Crippen molar-refractivity contribution in [1.82, 2.24) is 0 Å². The molecule has 2 saturated carbocycles. The molecule has 0 aromatic heterocycles. The third-order valence-electron chi connectivity index (χ3n) is 11.9. The molecule has 2 fully saturated rings. The Morgan fingerprint density at radius 1 is 1.00 bits per heavy atom. The van der Waals surface area contributed by atoms with Crippen LogP contribution in [0.1, 0.15) is 106 Å². The van der Waals surface area contributed by atoms with Crippen LogP contribution in [-0.2, 0) is 4.79 Å². The van der Waals surface area contributed by atoms with E-state index >= 15 is 0 Å². The third kappa shape index (κ3) is 3.57. The number of rotatable bonds is 6. The SMILES string of the molecule is C=C(C)C(O)CCC(C(=O)O)C1CCC2(C)C3=C(CCC12C)C1(C)CCC(O)C(C)(C)C1CC3. The van der Waals surface area contributed by atoms with Gasteiger partial charge in [0.1, 0.15) is 0 Å². The summed E-state index contributed by atoms with van der Waals surface area (Å²) in [6.07, 6.45) is 8.43. The van der Waals surface area contributed by atoms with Gasteiger partial charge in [0.15, 0.2) is 0 Å². The van der Waals surface area contributed by atoms with Crippen LogP contribution >= 0.6 is 0 Å². The molecule has 0 amide bonds. The molecule has 4 aliphatic carbocycles. The zero-order chi connectivity index (χ0) is 25.3. The monoisotopic (exact) mass is 472 g/mol. The lowest BCUT2D eigenvalue weighted by Gasteiger charge is -2.62. The molecule has 192 valence electrons. The molecule has 34 heavy (non-hydrogen) atoms. The highest BCUT2D eigenvalue weighted by molar-refractivity contribution is 5.70. The Morgan fingerprint density at radius 3 is 2.29 bits per heavy atom. The fourth-order valence-electron chi connectivity index (χ4n) is 9.44. The van der Waals surface area contributed by atoms with E-state index in [4.69, 9.17) is 0 Å². The first-order chi connectivity index (χ1) is 15.7. The topological polar surface area (TPSA) is 77.8 Å². The molecule has 4 heteroatoms. The van der Waals surface area contributed by atoms with Crippen LogP contribution in [0.15, 0.2) is 23.3 Å². The summed E-state index contributed by atoms with van der Waals surface area (Å²) in [6.45, 7) is 17.5. The Kier molecular flexibility index (Phi) is 6.47. The van der Waals surface area contributed by atoms with Crippen LogP contribution in [-0.4, -0.2) is 33.5 Å². The van der Waals surface area contributed by atoms with Gasteiger partial charge in [0.2, 0.25) is 0 Å². The molecule has 3 N–H and O–H groups in total. The Hall–Kier alpha value is -1.13. The number of hydrogen-bond donors (Lipinski definition) is 3. The molecule has 0 heterocycles. The van der Waals surface area contributed by atoms with Gasteiger partial charge in [-0.05, 0) is 105 Å². The third-order valence-corrected chi connectivity index (χ3v) is 11.9. The first-order valence-corrected chi connectivity index (χ1v) is 13.7. The molecule has 8 unspecified atom stereocenters. The molecule has 0 spiro atoms. The van der Waals surface area contributed by atoms with E-state index < -0.39 is 18.0 Å². The minimum absolute atomic E-state index is 0.0318. The van der Waals surface area contributed by atoms with E-state index in [-0.39, 0.29) is 33.7 Å². The summed E-state index contributed by atoms with van der Waals surface area (Å²) in [5.74, 6) is -0.485. The summed E-state index contributed by atoms with van der Waals surface area (Å²) in [4.78, 5) is 12.5. The maximum Gasteiger partial charge on any atom is 0.306 e. The number of aliphatic hydroxyl groups is 2. The number of aliphatic carboxylic acids is 1. The van der Waals surface area contributed by atoms with Crippen LogP contribution in [0.25, 0.3) is 0 Å². The van der Waals surface area contributed by atoms with Gasteiger partial charge in [-0.25, -0.2) is 0 Å². The minimum atomic E-state index is -0.706. The summed E-state index contributed by atoms with van der Waals surface area (Å²) in [6, 6.07) is 0. The number of fused-ring (bicyclic) bond motifs is 4. The first-order valence-electron chi connectivity index (χ1n) is 13.7. The van der Waals surface area contributed by atoms with E-state index in [1.165, 1.54) is 0 Å². The summed E-state index contributed by atoms with van der Waals surface area (Å²) in [5.41, 5.74) is 4.11. The number of allylic oxidation sites excluding steroid dienone is 2. The Balaban J connectivity index is 1.67. The predicted molar refractivity (Wildman–Crippen MR) is 136 cm³/mol. The molecule has 0 radical (unpaired) electrons. The van der Waals surface area contributed by atoms with Gasteiger partial charge in [0.05, 0.1) is 18.1 Å². The van der Waals surface area contributed by atoms with Crippen molar-refractivity contribution >= 4 is 5.97 Å². The lowest BCUT2D eigenvalue weighted by molar-refractivity contribution is -0.147. The second-order valence-electron chi connectivity index (χ2n) is 13.6. The van der Waals surface area contributed by atoms with Gasteiger partial charge in [0.25, 0.3) is 0 Å². The highest BCUT2D eigenvalue weighted by Gasteiger charge is 2.64. The minimum Gasteiger partial charge on any atom is -0.481 e. The van der Waals surface area contributed by atoms with Crippen molar-refractivity contribution in [2.75, 3.05) is 0 Å². The van der Waals surface area contributed by atoms with Gasteiger partial charge in [-0.2, -0.15) is 0 Å². The van der Waals surface area contributed by atoms with Crippen molar-refractivity contribution in [3.63, 3.8) is 0 Å². The zero-order valence-electron chi connectivity index (χ0n) is 22.4. The van der Waals surface area contributed by atoms with E-state index in [0.29, 0.717) is 24.3 Å². The van der Waals surface area contributed by atoms with Gasteiger partial charge < -0.3 is 15.3 Å². The molecule has 4 nitrogen and oxygen atoms in total. The maximum absolute atomic E-state index is 12.5. The molecule has 0 aromatic carbocycles. The Morgan fingerprint density at radius 2 is 1.68 bits per heavy atom. The van der Waals surface area contributed by atoms with E-state index in [0.717, 1.165) is 51.4 Å². The number of carbonyl (C=O) groups is 1. The van der Waals surface area contributed by atoms with Crippen LogP contribution in [0.4, 0.5) is 0 Å². The molecule has 0 aromatic rings. The van der Waals surface area contributed by atoms with E-state index in [9.17, 15) is 20.1 Å². The van der Waals surface area contributed by atoms with Crippen LogP contribution in [0.2, 0.25) is 0 Å². The van der Waals surface area contributed by atoms with Crippen molar-refractivity contribution in [2.45, 2.75) is 118 Å². The largest absolute Gasteiger partial charge is 0.481 e. The second kappa shape index (κ2) is 8.47. The van der Waals surface area contributed by atoms with Gasteiger partial charge in [0, 0.05) is 0 Å². The smallest absolute Gasteiger partial charge is 0.306 e. The molecule has 0 aliphatic heterocycles. The summed E-state index contributed by atoms with van der Waals surface area (Å²) in [7, 11) is 0. The van der Waals surface area contributed by atoms with Crippen molar-refractivity contribution in [3.8, 4) is 0 Å². The Bertz CT molecular complexity index is 886. The molecular formula is C30H48O4. The first kappa shape index (κ1) is 25.9. The second-order valence-corrected chi connectivity index (χ2v) is 13.6. The quantitative estimate of drug-likeness (QED) is 0.385. The van der Waals surface area contributed by atoms with Crippen molar-refractivity contribution in [3.05, 3.63) is 23.3 Å².